The molecule has 4 fully saturated rings. The summed E-state index contributed by atoms with van der Waals surface area (Å²) in [5.41, 5.74) is 8.03. The van der Waals surface area contributed by atoms with Crippen LogP contribution in [0.15, 0.2) is 48.0 Å². The molecule has 9 heteroatoms. The zero-order chi connectivity index (χ0) is 27.9. The largest absolute Gasteiger partial charge is 0.394 e. The van der Waals surface area contributed by atoms with Gasteiger partial charge in [0.25, 0.3) is 0 Å². The highest BCUT2D eigenvalue weighted by Crippen LogP contribution is 2.59. The highest BCUT2D eigenvalue weighted by Gasteiger charge is 2.59. The number of hydrogen-bond donors (Lipinski definition) is 5. The Bertz CT molecular complexity index is 1450. The second-order valence-electron chi connectivity index (χ2n) is 11.9. The van der Waals surface area contributed by atoms with E-state index in [4.69, 9.17) is 14.5 Å². The lowest BCUT2D eigenvalue weighted by molar-refractivity contribution is -0.329. The molecule has 0 radical (unpaired) electrons. The number of piperidine rings is 3. The number of aromatic nitrogens is 2. The van der Waals surface area contributed by atoms with Gasteiger partial charge in [-0.05, 0) is 74.4 Å². The number of aliphatic hydroxyl groups excluding tert-OH is 4. The molecule has 40 heavy (non-hydrogen) atoms. The van der Waals surface area contributed by atoms with Crippen LogP contribution in [0.1, 0.15) is 53.5 Å². The Morgan fingerprint density at radius 3 is 2.67 bits per heavy atom. The zero-order valence-electron chi connectivity index (χ0n) is 22.9. The SMILES string of the molecule is CC=C1[C@H]2C[C@H]3c4[nH]c5ccccc5c4C[C@@H](C2c2cc(C)cc(C)n2)N3[C@@H]1O[C@@H]1O[C@H](CO)[C@@H](O)[C@H](O)[C@H]1O. The second kappa shape index (κ2) is 9.73. The number of allylic oxidation sites excluding steroid dienone is 1. The Kier molecular flexibility index (Phi) is 6.40. The first kappa shape index (κ1) is 26.3. The molecule has 2 unspecified atom stereocenters. The quantitative estimate of drug-likeness (QED) is 0.315. The Morgan fingerprint density at radius 2 is 1.93 bits per heavy atom. The maximum atomic E-state index is 10.8. The Balaban J connectivity index is 1.33. The molecule has 0 aliphatic carbocycles. The van der Waals surface area contributed by atoms with Crippen LogP contribution in [0.2, 0.25) is 0 Å². The minimum Gasteiger partial charge on any atom is -0.394 e. The summed E-state index contributed by atoms with van der Waals surface area (Å²) < 4.78 is 12.4. The van der Waals surface area contributed by atoms with E-state index in [9.17, 15) is 20.4 Å². The monoisotopic (exact) mass is 547 g/mol. The summed E-state index contributed by atoms with van der Waals surface area (Å²) in [6, 6.07) is 12.9. The van der Waals surface area contributed by atoms with Gasteiger partial charge in [-0.2, -0.15) is 0 Å². The van der Waals surface area contributed by atoms with Gasteiger partial charge in [-0.25, -0.2) is 0 Å². The third-order valence-electron chi connectivity index (χ3n) is 9.55. The number of pyridine rings is 1. The van der Waals surface area contributed by atoms with Crippen LogP contribution in [0.4, 0.5) is 0 Å². The van der Waals surface area contributed by atoms with Crippen molar-refractivity contribution in [3.05, 3.63) is 76.3 Å². The Labute approximate surface area is 233 Å². The van der Waals surface area contributed by atoms with E-state index in [1.54, 1.807) is 0 Å². The lowest BCUT2D eigenvalue weighted by Crippen LogP contribution is -2.66. The fourth-order valence-electron chi connectivity index (χ4n) is 7.92. The van der Waals surface area contributed by atoms with Crippen molar-refractivity contribution in [1.29, 1.82) is 0 Å². The molecule has 3 aromatic rings. The van der Waals surface area contributed by atoms with Gasteiger partial charge in [0.1, 0.15) is 30.6 Å². The summed E-state index contributed by atoms with van der Waals surface area (Å²) in [7, 11) is 0. The lowest BCUT2D eigenvalue weighted by atomic mass is 9.62. The molecule has 0 amide bonds. The number of aromatic amines is 1. The van der Waals surface area contributed by atoms with Gasteiger partial charge in [-0.1, -0.05) is 24.3 Å². The van der Waals surface area contributed by atoms with Crippen LogP contribution in [-0.4, -0.2) is 84.9 Å². The number of nitrogens with one attached hydrogen (secondary N) is 1. The standard InChI is InChI=1S/C31H37N3O6/c1-4-16-18-11-23-26-19(17-7-5-6-8-20(17)33-26)12-22(25(18)21-10-14(2)9-15(3)32-21)34(23)30(16)40-31-29(38)28(37)27(36)24(13-35)39-31/h4-10,18,22-25,27-31,33,35-38H,11-13H2,1-3H3/t18-,22+,23+,24-,25?,27-,28+,29-,30-,31+/m1/s1. The molecule has 4 bridgehead atoms. The molecule has 4 saturated heterocycles. The van der Waals surface area contributed by atoms with Gasteiger partial charge < -0.3 is 34.9 Å². The molecule has 0 spiro atoms. The minimum absolute atomic E-state index is 0.0619. The number of aryl methyl sites for hydroxylation is 2. The van der Waals surface area contributed by atoms with Gasteiger partial charge in [0.2, 0.25) is 0 Å². The molecule has 2 aromatic heterocycles. The van der Waals surface area contributed by atoms with Crippen molar-refractivity contribution < 1.29 is 29.9 Å². The van der Waals surface area contributed by atoms with Gasteiger partial charge in [-0.15, -0.1) is 0 Å². The molecule has 8 rings (SSSR count). The zero-order valence-corrected chi connectivity index (χ0v) is 22.9. The van der Waals surface area contributed by atoms with Crippen molar-refractivity contribution in [3.8, 4) is 0 Å². The molecule has 5 aliphatic heterocycles. The van der Waals surface area contributed by atoms with E-state index in [0.717, 1.165) is 35.3 Å². The van der Waals surface area contributed by atoms with E-state index in [0.29, 0.717) is 0 Å². The molecule has 11 atom stereocenters. The van der Waals surface area contributed by atoms with Crippen molar-refractivity contribution in [2.75, 3.05) is 6.61 Å². The number of benzene rings is 1. The number of fused-ring (bicyclic) bond motifs is 4. The van der Waals surface area contributed by atoms with E-state index >= 15 is 0 Å². The molecule has 7 heterocycles. The first-order valence-corrected chi connectivity index (χ1v) is 14.2. The van der Waals surface area contributed by atoms with Gasteiger partial charge in [0.15, 0.2) is 6.29 Å². The van der Waals surface area contributed by atoms with Crippen LogP contribution in [0, 0.1) is 19.8 Å². The molecular formula is C31H37N3O6. The summed E-state index contributed by atoms with van der Waals surface area (Å²) in [6.07, 6.45) is -3.33. The fourth-order valence-corrected chi connectivity index (χ4v) is 7.92. The number of ether oxygens (including phenoxy) is 2. The van der Waals surface area contributed by atoms with Crippen molar-refractivity contribution in [3.63, 3.8) is 0 Å². The molecule has 0 saturated carbocycles. The summed E-state index contributed by atoms with van der Waals surface area (Å²) in [5, 5.41) is 42.6. The third-order valence-corrected chi connectivity index (χ3v) is 9.55. The number of H-pyrrole nitrogens is 1. The number of para-hydroxylation sites is 1. The van der Waals surface area contributed by atoms with E-state index in [1.165, 1.54) is 22.2 Å². The molecule has 212 valence electrons. The number of hydrogen-bond acceptors (Lipinski definition) is 8. The van der Waals surface area contributed by atoms with Crippen LogP contribution < -0.4 is 0 Å². The Morgan fingerprint density at radius 1 is 1.12 bits per heavy atom. The van der Waals surface area contributed by atoms with Crippen LogP contribution in [0.3, 0.4) is 0 Å². The predicted octanol–water partition coefficient (Wildman–Crippen LogP) is 2.35. The van der Waals surface area contributed by atoms with Crippen molar-refractivity contribution in [1.82, 2.24) is 14.9 Å². The normalized spacial score (nSPS) is 39.6. The summed E-state index contributed by atoms with van der Waals surface area (Å²) in [5.74, 6) is 0.297. The van der Waals surface area contributed by atoms with Crippen LogP contribution in [-0.2, 0) is 15.9 Å². The maximum absolute atomic E-state index is 10.8. The number of rotatable bonds is 4. The molecule has 5 aliphatic rings. The van der Waals surface area contributed by atoms with Gasteiger partial charge in [-0.3, -0.25) is 9.88 Å². The average molecular weight is 548 g/mol. The van der Waals surface area contributed by atoms with E-state index in [1.807, 2.05) is 19.9 Å². The van der Waals surface area contributed by atoms with Gasteiger partial charge in [0.05, 0.1) is 12.6 Å². The predicted molar refractivity (Wildman–Crippen MR) is 147 cm³/mol. The smallest absolute Gasteiger partial charge is 0.188 e. The first-order chi connectivity index (χ1) is 19.3. The lowest BCUT2D eigenvalue weighted by Gasteiger charge is -2.62. The number of aliphatic hydroxyl groups is 4. The van der Waals surface area contributed by atoms with E-state index in [-0.39, 0.29) is 23.9 Å². The Hall–Kier alpha value is -2.63. The molecular weight excluding hydrogens is 510 g/mol. The molecule has 9 nitrogen and oxygen atoms in total. The maximum Gasteiger partial charge on any atom is 0.188 e. The highest BCUT2D eigenvalue weighted by molar-refractivity contribution is 5.85. The summed E-state index contributed by atoms with van der Waals surface area (Å²) in [4.78, 5) is 11.1. The molecule has 1 aromatic carbocycles. The molecule has 5 N–H and O–H groups in total. The van der Waals surface area contributed by atoms with Crippen LogP contribution in [0.25, 0.3) is 10.9 Å². The van der Waals surface area contributed by atoms with Crippen molar-refractivity contribution in [2.24, 2.45) is 5.92 Å². The first-order valence-electron chi connectivity index (χ1n) is 14.2. The van der Waals surface area contributed by atoms with Crippen LogP contribution in [0.5, 0.6) is 0 Å². The van der Waals surface area contributed by atoms with Crippen LogP contribution >= 0.6 is 0 Å². The van der Waals surface area contributed by atoms with E-state index < -0.39 is 43.5 Å². The second-order valence-corrected chi connectivity index (χ2v) is 11.9. The minimum atomic E-state index is -1.49. The number of nitrogens with zero attached hydrogens (tertiary/aromatic N) is 2. The van der Waals surface area contributed by atoms with Crippen molar-refractivity contribution in [2.45, 2.75) is 88.5 Å². The van der Waals surface area contributed by atoms with Gasteiger partial charge in [0, 0.05) is 39.9 Å². The van der Waals surface area contributed by atoms with Gasteiger partial charge >= 0.3 is 0 Å². The average Bonchev–Trinajstić information content (AvgIpc) is 3.31. The fraction of sp³-hybridized carbons (Fsp3) is 0.516. The summed E-state index contributed by atoms with van der Waals surface area (Å²) in [6.45, 7) is 5.67. The third kappa shape index (κ3) is 3.84. The highest BCUT2D eigenvalue weighted by atomic mass is 16.7. The van der Waals surface area contributed by atoms with Crippen molar-refractivity contribution >= 4 is 10.9 Å². The topological polar surface area (TPSA) is 131 Å². The van der Waals surface area contributed by atoms with E-state index in [2.05, 4.69) is 53.2 Å². The summed E-state index contributed by atoms with van der Waals surface area (Å²) >= 11 is 0.